The minimum absolute atomic E-state index is 0.521. The average Bonchev–Trinajstić information content (AvgIpc) is 3.29. The zero-order chi connectivity index (χ0) is 19.8. The van der Waals surface area contributed by atoms with Crippen LogP contribution in [0.3, 0.4) is 0 Å². The summed E-state index contributed by atoms with van der Waals surface area (Å²) in [4.78, 5) is 18.0. The predicted octanol–water partition coefficient (Wildman–Crippen LogP) is 2.98. The van der Waals surface area contributed by atoms with Gasteiger partial charge in [-0.15, -0.1) is 11.3 Å². The highest BCUT2D eigenvalue weighted by Gasteiger charge is 2.28. The summed E-state index contributed by atoms with van der Waals surface area (Å²) in [5.74, 6) is 2.18. The monoisotopic (exact) mass is 415 g/mol. The number of thiophene rings is 1. The Bertz CT molecular complexity index is 860. The number of rotatable bonds is 5. The van der Waals surface area contributed by atoms with Gasteiger partial charge in [0.1, 0.15) is 16.5 Å². The molecule has 2 aromatic rings. The van der Waals surface area contributed by atoms with Crippen molar-refractivity contribution in [2.45, 2.75) is 64.6 Å². The summed E-state index contributed by atoms with van der Waals surface area (Å²) in [5.41, 5.74) is 1.54. The summed E-state index contributed by atoms with van der Waals surface area (Å²) in [6.45, 7) is 11.0. The van der Waals surface area contributed by atoms with Crippen molar-refractivity contribution in [2.75, 3.05) is 44.3 Å². The molecule has 4 heterocycles. The Morgan fingerprint density at radius 1 is 1.14 bits per heavy atom. The van der Waals surface area contributed by atoms with Gasteiger partial charge < -0.3 is 15.0 Å². The first-order valence-electron chi connectivity index (χ1n) is 11.3. The second kappa shape index (κ2) is 8.46. The third kappa shape index (κ3) is 4.15. The number of aromatic nitrogens is 2. The van der Waals surface area contributed by atoms with Crippen LogP contribution >= 0.6 is 11.3 Å². The van der Waals surface area contributed by atoms with Crippen molar-refractivity contribution in [3.63, 3.8) is 0 Å². The van der Waals surface area contributed by atoms with Crippen molar-refractivity contribution in [1.82, 2.24) is 20.2 Å². The van der Waals surface area contributed by atoms with E-state index in [0.717, 1.165) is 51.8 Å². The Balaban J connectivity index is 1.49. The minimum Gasteiger partial charge on any atom is -0.379 e. The second-order valence-corrected chi connectivity index (χ2v) is 10.1. The van der Waals surface area contributed by atoms with E-state index in [9.17, 15) is 0 Å². The number of morpholine rings is 1. The molecule has 1 atom stereocenters. The molecule has 0 unspecified atom stereocenters. The normalized spacial score (nSPS) is 23.3. The highest BCUT2D eigenvalue weighted by molar-refractivity contribution is 7.19. The van der Waals surface area contributed by atoms with Crippen LogP contribution < -0.4 is 10.2 Å². The zero-order valence-electron chi connectivity index (χ0n) is 17.7. The van der Waals surface area contributed by atoms with Crippen LogP contribution in [-0.4, -0.2) is 66.3 Å². The summed E-state index contributed by atoms with van der Waals surface area (Å²) in [7, 11) is 0. The lowest BCUT2D eigenvalue weighted by molar-refractivity contribution is 0.0331. The van der Waals surface area contributed by atoms with Gasteiger partial charge >= 0.3 is 0 Å². The Morgan fingerprint density at radius 3 is 2.83 bits per heavy atom. The Hall–Kier alpha value is -1.28. The van der Waals surface area contributed by atoms with E-state index in [1.165, 1.54) is 53.7 Å². The molecule has 0 spiro atoms. The fourth-order valence-corrected chi connectivity index (χ4v) is 6.33. The van der Waals surface area contributed by atoms with Crippen LogP contribution in [0.25, 0.3) is 10.2 Å². The smallest absolute Gasteiger partial charge is 0.146 e. The Labute approximate surface area is 177 Å². The SMILES string of the molecule is CC(C)N[C@H]1CCCN(c2nc(CN3CCOCC3)nc3sc4c(c23)CCC4)C1. The van der Waals surface area contributed by atoms with Gasteiger partial charge in [0.2, 0.25) is 0 Å². The van der Waals surface area contributed by atoms with Gasteiger partial charge in [0, 0.05) is 43.1 Å². The van der Waals surface area contributed by atoms with Crippen molar-refractivity contribution in [1.29, 1.82) is 0 Å². The molecule has 158 valence electrons. The van der Waals surface area contributed by atoms with E-state index in [4.69, 9.17) is 14.7 Å². The molecule has 2 fully saturated rings. The van der Waals surface area contributed by atoms with Gasteiger partial charge in [-0.05, 0) is 37.7 Å². The molecule has 2 aromatic heterocycles. The third-order valence-corrected chi connectivity index (χ3v) is 7.54. The quantitative estimate of drug-likeness (QED) is 0.810. The van der Waals surface area contributed by atoms with E-state index in [-0.39, 0.29) is 0 Å². The number of piperidine rings is 1. The summed E-state index contributed by atoms with van der Waals surface area (Å²) < 4.78 is 5.52. The van der Waals surface area contributed by atoms with Crippen molar-refractivity contribution in [3.05, 3.63) is 16.3 Å². The molecule has 2 aliphatic heterocycles. The fourth-order valence-electron chi connectivity index (χ4n) is 5.06. The van der Waals surface area contributed by atoms with Crippen molar-refractivity contribution in [2.24, 2.45) is 0 Å². The van der Waals surface area contributed by atoms with Crippen molar-refractivity contribution >= 4 is 27.4 Å². The van der Waals surface area contributed by atoms with Crippen molar-refractivity contribution in [3.8, 4) is 0 Å². The molecule has 1 aliphatic carbocycles. The molecule has 6 nitrogen and oxygen atoms in total. The van der Waals surface area contributed by atoms with Crippen molar-refractivity contribution < 1.29 is 4.74 Å². The Morgan fingerprint density at radius 2 is 2.00 bits per heavy atom. The second-order valence-electron chi connectivity index (χ2n) is 9.00. The Kier molecular flexibility index (Phi) is 5.74. The number of hydrogen-bond acceptors (Lipinski definition) is 7. The van der Waals surface area contributed by atoms with Gasteiger partial charge in [0.05, 0.1) is 25.1 Å². The largest absolute Gasteiger partial charge is 0.379 e. The molecule has 0 aromatic carbocycles. The van der Waals surface area contributed by atoms with E-state index in [2.05, 4.69) is 29.0 Å². The van der Waals surface area contributed by atoms with Gasteiger partial charge in [0.15, 0.2) is 0 Å². The number of hydrogen-bond donors (Lipinski definition) is 1. The molecule has 1 N–H and O–H groups in total. The van der Waals surface area contributed by atoms with Gasteiger partial charge in [-0.1, -0.05) is 13.8 Å². The van der Waals surface area contributed by atoms with Crippen LogP contribution in [0.1, 0.15) is 49.4 Å². The number of fused-ring (bicyclic) bond motifs is 3. The molecule has 29 heavy (non-hydrogen) atoms. The zero-order valence-corrected chi connectivity index (χ0v) is 18.6. The number of nitrogens with zero attached hydrogens (tertiary/aromatic N) is 4. The van der Waals surface area contributed by atoms with Gasteiger partial charge in [-0.25, -0.2) is 9.97 Å². The first-order chi connectivity index (χ1) is 14.2. The third-order valence-electron chi connectivity index (χ3n) is 6.35. The van der Waals surface area contributed by atoms with E-state index in [0.29, 0.717) is 12.1 Å². The van der Waals surface area contributed by atoms with Crippen LogP contribution in [0.4, 0.5) is 5.82 Å². The molecule has 3 aliphatic rings. The first-order valence-corrected chi connectivity index (χ1v) is 12.1. The summed E-state index contributed by atoms with van der Waals surface area (Å²) in [5, 5.41) is 5.11. The van der Waals surface area contributed by atoms with Crippen LogP contribution in [-0.2, 0) is 24.1 Å². The van der Waals surface area contributed by atoms with Gasteiger partial charge in [-0.3, -0.25) is 4.90 Å². The van der Waals surface area contributed by atoms with Crippen LogP contribution in [0.2, 0.25) is 0 Å². The van der Waals surface area contributed by atoms with Crippen LogP contribution in [0, 0.1) is 0 Å². The molecular formula is C22H33N5OS. The molecule has 5 rings (SSSR count). The number of nitrogens with one attached hydrogen (secondary N) is 1. The van der Waals surface area contributed by atoms with E-state index in [1.54, 1.807) is 4.88 Å². The molecular weight excluding hydrogens is 382 g/mol. The van der Waals surface area contributed by atoms with Crippen LogP contribution in [0.15, 0.2) is 0 Å². The van der Waals surface area contributed by atoms with Gasteiger partial charge in [-0.2, -0.15) is 0 Å². The topological polar surface area (TPSA) is 53.5 Å². The molecule has 0 amide bonds. The molecule has 2 saturated heterocycles. The highest BCUT2D eigenvalue weighted by atomic mass is 32.1. The highest BCUT2D eigenvalue weighted by Crippen LogP contribution is 2.41. The average molecular weight is 416 g/mol. The summed E-state index contributed by atoms with van der Waals surface area (Å²) in [6.07, 6.45) is 6.16. The maximum absolute atomic E-state index is 5.52. The fraction of sp³-hybridized carbons (Fsp3) is 0.727. The molecule has 0 saturated carbocycles. The summed E-state index contributed by atoms with van der Waals surface area (Å²) >= 11 is 1.92. The maximum atomic E-state index is 5.52. The number of ether oxygens (including phenoxy) is 1. The summed E-state index contributed by atoms with van der Waals surface area (Å²) in [6, 6.07) is 1.07. The lowest BCUT2D eigenvalue weighted by Gasteiger charge is -2.35. The molecule has 0 bridgehead atoms. The molecule has 7 heteroatoms. The lowest BCUT2D eigenvalue weighted by Crippen LogP contribution is -2.48. The lowest BCUT2D eigenvalue weighted by atomic mass is 10.0. The van der Waals surface area contributed by atoms with E-state index in [1.807, 2.05) is 11.3 Å². The van der Waals surface area contributed by atoms with E-state index >= 15 is 0 Å². The number of aryl methyl sites for hydroxylation is 2. The molecule has 0 radical (unpaired) electrons. The predicted molar refractivity (Wildman–Crippen MR) is 119 cm³/mol. The number of anilines is 1. The standard InChI is InChI=1S/C22H33N5OS/c1-15(2)23-16-5-4-8-27(13-16)21-20-17-6-3-7-18(17)29-22(20)25-19(24-21)14-26-9-11-28-12-10-26/h15-16,23H,3-14H2,1-2H3/t16-/m0/s1. The van der Waals surface area contributed by atoms with E-state index < -0.39 is 0 Å². The first kappa shape index (κ1) is 19.7. The van der Waals surface area contributed by atoms with Gasteiger partial charge in [0.25, 0.3) is 0 Å². The maximum Gasteiger partial charge on any atom is 0.146 e. The van der Waals surface area contributed by atoms with Crippen LogP contribution in [0.5, 0.6) is 0 Å². The minimum atomic E-state index is 0.521.